The van der Waals surface area contributed by atoms with Crippen LogP contribution >= 0.6 is 11.6 Å². The van der Waals surface area contributed by atoms with Crippen LogP contribution in [0.2, 0.25) is 5.02 Å². The Morgan fingerprint density at radius 2 is 2.14 bits per heavy atom. The first kappa shape index (κ1) is 16.6. The van der Waals surface area contributed by atoms with Crippen LogP contribution in [0.4, 0.5) is 0 Å². The summed E-state index contributed by atoms with van der Waals surface area (Å²) < 4.78 is 6.30. The molecule has 1 saturated carbocycles. The van der Waals surface area contributed by atoms with E-state index in [-0.39, 0.29) is 6.04 Å². The SMILES string of the molecule is CCC(N)Cc1cc(Cl)ccc1OC1CCCC(CC)C1. The van der Waals surface area contributed by atoms with Crippen LogP contribution in [0.1, 0.15) is 57.9 Å². The number of hydrogen-bond acceptors (Lipinski definition) is 2. The number of nitrogens with two attached hydrogens (primary N) is 1. The van der Waals surface area contributed by atoms with Crippen LogP contribution in [0.3, 0.4) is 0 Å². The fraction of sp³-hybridized carbons (Fsp3) is 0.667. The number of ether oxygens (including phenoxy) is 1. The van der Waals surface area contributed by atoms with Crippen molar-refractivity contribution < 1.29 is 4.74 Å². The molecule has 1 aromatic carbocycles. The van der Waals surface area contributed by atoms with Gasteiger partial charge in [0.2, 0.25) is 0 Å². The molecule has 1 aliphatic rings. The van der Waals surface area contributed by atoms with E-state index < -0.39 is 0 Å². The van der Waals surface area contributed by atoms with Crippen molar-refractivity contribution in [3.8, 4) is 5.75 Å². The van der Waals surface area contributed by atoms with Crippen LogP contribution in [0, 0.1) is 5.92 Å². The van der Waals surface area contributed by atoms with E-state index in [1.165, 1.54) is 32.1 Å². The second-order valence-corrected chi connectivity index (χ2v) is 6.74. The second kappa shape index (κ2) is 8.05. The third-order valence-electron chi connectivity index (χ3n) is 4.63. The number of hydrogen-bond donors (Lipinski definition) is 1. The molecule has 0 radical (unpaired) electrons. The monoisotopic (exact) mass is 309 g/mol. The van der Waals surface area contributed by atoms with Gasteiger partial charge in [-0.15, -0.1) is 0 Å². The van der Waals surface area contributed by atoms with Crippen LogP contribution < -0.4 is 10.5 Å². The van der Waals surface area contributed by atoms with Crippen molar-refractivity contribution in [2.45, 2.75) is 70.9 Å². The summed E-state index contributed by atoms with van der Waals surface area (Å²) >= 11 is 6.14. The lowest BCUT2D eigenvalue weighted by Crippen LogP contribution is -2.26. The van der Waals surface area contributed by atoms with Gasteiger partial charge in [-0.1, -0.05) is 38.3 Å². The molecule has 0 heterocycles. The predicted molar refractivity (Wildman–Crippen MR) is 90.1 cm³/mol. The Hall–Kier alpha value is -0.730. The van der Waals surface area contributed by atoms with Crippen molar-refractivity contribution in [3.05, 3.63) is 28.8 Å². The summed E-state index contributed by atoms with van der Waals surface area (Å²) in [5.41, 5.74) is 7.25. The third kappa shape index (κ3) is 4.89. The first-order valence-corrected chi connectivity index (χ1v) is 8.70. The van der Waals surface area contributed by atoms with E-state index in [0.29, 0.717) is 6.10 Å². The van der Waals surface area contributed by atoms with E-state index in [1.54, 1.807) is 0 Å². The fourth-order valence-corrected chi connectivity index (χ4v) is 3.34. The van der Waals surface area contributed by atoms with Crippen molar-refractivity contribution in [1.29, 1.82) is 0 Å². The van der Waals surface area contributed by atoms with Gasteiger partial charge < -0.3 is 10.5 Å². The smallest absolute Gasteiger partial charge is 0.123 e. The molecule has 3 atom stereocenters. The van der Waals surface area contributed by atoms with Crippen LogP contribution in [-0.2, 0) is 6.42 Å². The predicted octanol–water partition coefficient (Wildman–Crippen LogP) is 4.97. The Labute approximate surface area is 134 Å². The van der Waals surface area contributed by atoms with Crippen LogP contribution in [0.15, 0.2) is 18.2 Å². The van der Waals surface area contributed by atoms with Crippen LogP contribution in [-0.4, -0.2) is 12.1 Å². The molecule has 0 spiro atoms. The van der Waals surface area contributed by atoms with E-state index in [2.05, 4.69) is 13.8 Å². The van der Waals surface area contributed by atoms with Gasteiger partial charge in [-0.25, -0.2) is 0 Å². The van der Waals surface area contributed by atoms with E-state index in [0.717, 1.165) is 35.1 Å². The van der Waals surface area contributed by atoms with Crippen LogP contribution in [0.5, 0.6) is 5.75 Å². The zero-order valence-corrected chi connectivity index (χ0v) is 14.0. The topological polar surface area (TPSA) is 35.2 Å². The Morgan fingerprint density at radius 1 is 1.33 bits per heavy atom. The van der Waals surface area contributed by atoms with Gasteiger partial charge in [0.15, 0.2) is 0 Å². The highest BCUT2D eigenvalue weighted by Gasteiger charge is 2.23. The molecule has 0 amide bonds. The highest BCUT2D eigenvalue weighted by Crippen LogP contribution is 2.32. The van der Waals surface area contributed by atoms with Crippen molar-refractivity contribution in [2.24, 2.45) is 11.7 Å². The lowest BCUT2D eigenvalue weighted by atomic mass is 9.85. The van der Waals surface area contributed by atoms with E-state index >= 15 is 0 Å². The molecular formula is C18H28ClNO. The lowest BCUT2D eigenvalue weighted by Gasteiger charge is -2.30. The average molecular weight is 310 g/mol. The molecule has 118 valence electrons. The molecule has 21 heavy (non-hydrogen) atoms. The molecule has 0 bridgehead atoms. The summed E-state index contributed by atoms with van der Waals surface area (Å²) in [6.45, 7) is 4.39. The highest BCUT2D eigenvalue weighted by molar-refractivity contribution is 6.30. The molecule has 0 saturated heterocycles. The van der Waals surface area contributed by atoms with Crippen molar-refractivity contribution in [2.75, 3.05) is 0 Å². The molecule has 1 aliphatic carbocycles. The molecule has 3 unspecified atom stereocenters. The zero-order valence-electron chi connectivity index (χ0n) is 13.3. The zero-order chi connectivity index (χ0) is 15.2. The maximum absolute atomic E-state index is 6.30. The van der Waals surface area contributed by atoms with Gasteiger partial charge in [0.05, 0.1) is 6.10 Å². The van der Waals surface area contributed by atoms with Gasteiger partial charge in [-0.2, -0.15) is 0 Å². The van der Waals surface area contributed by atoms with Gasteiger partial charge in [-0.3, -0.25) is 0 Å². The summed E-state index contributed by atoms with van der Waals surface area (Å²) in [4.78, 5) is 0. The second-order valence-electron chi connectivity index (χ2n) is 6.31. The van der Waals surface area contributed by atoms with Crippen LogP contribution in [0.25, 0.3) is 0 Å². The van der Waals surface area contributed by atoms with Crippen molar-refractivity contribution in [1.82, 2.24) is 0 Å². The molecular weight excluding hydrogens is 282 g/mol. The molecule has 0 aliphatic heterocycles. The average Bonchev–Trinajstić information content (AvgIpc) is 2.50. The van der Waals surface area contributed by atoms with Crippen molar-refractivity contribution in [3.63, 3.8) is 0 Å². The molecule has 1 fully saturated rings. The maximum Gasteiger partial charge on any atom is 0.123 e. The van der Waals surface area contributed by atoms with Gasteiger partial charge in [0, 0.05) is 11.1 Å². The summed E-state index contributed by atoms with van der Waals surface area (Å²) in [5.74, 6) is 1.79. The largest absolute Gasteiger partial charge is 0.490 e. The van der Waals surface area contributed by atoms with E-state index in [4.69, 9.17) is 22.1 Å². The minimum Gasteiger partial charge on any atom is -0.490 e. The van der Waals surface area contributed by atoms with E-state index in [9.17, 15) is 0 Å². The number of halogens is 1. The number of rotatable bonds is 6. The summed E-state index contributed by atoms with van der Waals surface area (Å²) in [6.07, 6.45) is 8.38. The summed E-state index contributed by atoms with van der Waals surface area (Å²) in [6, 6.07) is 6.10. The van der Waals surface area contributed by atoms with Crippen molar-refractivity contribution >= 4 is 11.6 Å². The van der Waals surface area contributed by atoms with Gasteiger partial charge >= 0.3 is 0 Å². The summed E-state index contributed by atoms with van der Waals surface area (Å²) in [7, 11) is 0. The highest BCUT2D eigenvalue weighted by atomic mass is 35.5. The first-order valence-electron chi connectivity index (χ1n) is 8.33. The standard InChI is InChI=1S/C18H28ClNO/c1-3-13-6-5-7-17(10-13)21-18-9-8-15(19)11-14(18)12-16(20)4-2/h8-9,11,13,16-17H,3-7,10,12,20H2,1-2H3. The van der Waals surface area contributed by atoms with Gasteiger partial charge in [0.25, 0.3) is 0 Å². The third-order valence-corrected chi connectivity index (χ3v) is 4.87. The van der Waals surface area contributed by atoms with Gasteiger partial charge in [0.1, 0.15) is 5.75 Å². The summed E-state index contributed by atoms with van der Waals surface area (Å²) in [5, 5.41) is 0.760. The Balaban J connectivity index is 2.07. The molecule has 1 aromatic rings. The molecule has 2 N–H and O–H groups in total. The Bertz CT molecular complexity index is 449. The Morgan fingerprint density at radius 3 is 2.86 bits per heavy atom. The Kier molecular flexibility index (Phi) is 6.38. The first-order chi connectivity index (χ1) is 10.1. The molecule has 0 aromatic heterocycles. The molecule has 3 heteroatoms. The maximum atomic E-state index is 6.30. The number of benzene rings is 1. The fourth-order valence-electron chi connectivity index (χ4n) is 3.15. The minimum atomic E-state index is 0.167. The van der Waals surface area contributed by atoms with Gasteiger partial charge in [-0.05, 0) is 61.8 Å². The quantitative estimate of drug-likeness (QED) is 0.805. The lowest BCUT2D eigenvalue weighted by molar-refractivity contribution is 0.121. The molecule has 2 nitrogen and oxygen atoms in total. The molecule has 2 rings (SSSR count). The minimum absolute atomic E-state index is 0.167. The normalized spacial score (nSPS) is 23.8. The van der Waals surface area contributed by atoms with E-state index in [1.807, 2.05) is 18.2 Å².